The SMILES string of the molecule is CCNC(=O)c1ccc(N)c(N(C)Cc2cccnc2)c1. The fourth-order valence-electron chi connectivity index (χ4n) is 2.13. The molecular weight excluding hydrogens is 264 g/mol. The quantitative estimate of drug-likeness (QED) is 0.824. The van der Waals surface area contributed by atoms with Crippen LogP contribution in [0.3, 0.4) is 0 Å². The van der Waals surface area contributed by atoms with E-state index in [-0.39, 0.29) is 5.91 Å². The number of hydrogen-bond donors (Lipinski definition) is 2. The molecule has 5 nitrogen and oxygen atoms in total. The molecule has 0 aliphatic heterocycles. The first kappa shape index (κ1) is 14.8. The van der Waals surface area contributed by atoms with Crippen molar-refractivity contribution in [2.45, 2.75) is 13.5 Å². The van der Waals surface area contributed by atoms with Gasteiger partial charge < -0.3 is 16.0 Å². The van der Waals surface area contributed by atoms with Gasteiger partial charge in [0.05, 0.1) is 11.4 Å². The standard InChI is InChI=1S/C16H20N4O/c1-3-19-16(21)13-6-7-14(17)15(9-13)20(2)11-12-5-4-8-18-10-12/h4-10H,3,11,17H2,1-2H3,(H,19,21). The van der Waals surface area contributed by atoms with Crippen molar-refractivity contribution in [3.05, 3.63) is 53.9 Å². The second-order valence-corrected chi connectivity index (χ2v) is 4.85. The van der Waals surface area contributed by atoms with Gasteiger partial charge in [-0.25, -0.2) is 0 Å². The molecule has 1 heterocycles. The predicted octanol–water partition coefficient (Wildman–Crippen LogP) is 2.05. The van der Waals surface area contributed by atoms with Crippen LogP contribution in [-0.2, 0) is 6.54 Å². The lowest BCUT2D eigenvalue weighted by Gasteiger charge is -2.21. The maximum Gasteiger partial charge on any atom is 0.251 e. The van der Waals surface area contributed by atoms with Gasteiger partial charge >= 0.3 is 0 Å². The highest BCUT2D eigenvalue weighted by Gasteiger charge is 2.11. The number of carbonyl (C=O) groups excluding carboxylic acids is 1. The van der Waals surface area contributed by atoms with Crippen molar-refractivity contribution in [1.29, 1.82) is 0 Å². The van der Waals surface area contributed by atoms with E-state index in [1.807, 2.05) is 43.3 Å². The van der Waals surface area contributed by atoms with E-state index >= 15 is 0 Å². The Bertz CT molecular complexity index is 613. The Morgan fingerprint density at radius 2 is 2.19 bits per heavy atom. The molecule has 0 unspecified atom stereocenters. The number of rotatable bonds is 5. The second-order valence-electron chi connectivity index (χ2n) is 4.85. The van der Waals surface area contributed by atoms with Gasteiger partial charge in [-0.1, -0.05) is 6.07 Å². The number of anilines is 2. The second kappa shape index (κ2) is 6.74. The molecule has 0 bridgehead atoms. The van der Waals surface area contributed by atoms with E-state index < -0.39 is 0 Å². The van der Waals surface area contributed by atoms with E-state index in [0.717, 1.165) is 11.3 Å². The van der Waals surface area contributed by atoms with Gasteiger partial charge in [0.15, 0.2) is 0 Å². The average molecular weight is 284 g/mol. The van der Waals surface area contributed by atoms with Crippen LogP contribution in [0.2, 0.25) is 0 Å². The van der Waals surface area contributed by atoms with Crippen LogP contribution >= 0.6 is 0 Å². The zero-order valence-electron chi connectivity index (χ0n) is 12.3. The number of benzene rings is 1. The highest BCUT2D eigenvalue weighted by Crippen LogP contribution is 2.25. The summed E-state index contributed by atoms with van der Waals surface area (Å²) in [6, 6.07) is 9.23. The average Bonchev–Trinajstić information content (AvgIpc) is 2.48. The molecule has 0 aliphatic rings. The lowest BCUT2D eigenvalue weighted by Crippen LogP contribution is -2.24. The molecule has 3 N–H and O–H groups in total. The van der Waals surface area contributed by atoms with Gasteiger partial charge in [-0.15, -0.1) is 0 Å². The molecule has 5 heteroatoms. The smallest absolute Gasteiger partial charge is 0.251 e. The number of amides is 1. The van der Waals surface area contributed by atoms with Crippen molar-refractivity contribution in [3.8, 4) is 0 Å². The molecule has 0 saturated carbocycles. The highest BCUT2D eigenvalue weighted by molar-refractivity contribution is 5.96. The van der Waals surface area contributed by atoms with E-state index in [1.165, 1.54) is 0 Å². The molecule has 0 radical (unpaired) electrons. The van der Waals surface area contributed by atoms with E-state index in [4.69, 9.17) is 5.73 Å². The third-order valence-corrected chi connectivity index (χ3v) is 3.18. The lowest BCUT2D eigenvalue weighted by molar-refractivity contribution is 0.0956. The number of nitrogens with zero attached hydrogens (tertiary/aromatic N) is 2. The number of aromatic nitrogens is 1. The Labute approximate surface area is 124 Å². The largest absolute Gasteiger partial charge is 0.397 e. The van der Waals surface area contributed by atoms with E-state index in [9.17, 15) is 4.79 Å². The monoisotopic (exact) mass is 284 g/mol. The maximum atomic E-state index is 11.9. The Hall–Kier alpha value is -2.56. The normalized spacial score (nSPS) is 10.2. The van der Waals surface area contributed by atoms with Gasteiger partial charge in [-0.05, 0) is 36.8 Å². The Kier molecular flexibility index (Phi) is 4.77. The van der Waals surface area contributed by atoms with Crippen molar-refractivity contribution in [2.75, 3.05) is 24.2 Å². The van der Waals surface area contributed by atoms with Crippen LogP contribution in [0.5, 0.6) is 0 Å². The summed E-state index contributed by atoms with van der Waals surface area (Å²) in [4.78, 5) is 18.0. The summed E-state index contributed by atoms with van der Waals surface area (Å²) in [5, 5.41) is 2.79. The van der Waals surface area contributed by atoms with Gasteiger partial charge in [-0.3, -0.25) is 9.78 Å². The summed E-state index contributed by atoms with van der Waals surface area (Å²) in [5.41, 5.74) is 9.21. The summed E-state index contributed by atoms with van der Waals surface area (Å²) in [6.45, 7) is 3.17. The molecule has 0 saturated heterocycles. The van der Waals surface area contributed by atoms with Crippen LogP contribution in [0.15, 0.2) is 42.7 Å². The van der Waals surface area contributed by atoms with Crippen LogP contribution in [0.4, 0.5) is 11.4 Å². The highest BCUT2D eigenvalue weighted by atomic mass is 16.1. The summed E-state index contributed by atoms with van der Waals surface area (Å²) in [7, 11) is 1.94. The minimum Gasteiger partial charge on any atom is -0.397 e. The van der Waals surface area contributed by atoms with E-state index in [1.54, 1.807) is 18.3 Å². The lowest BCUT2D eigenvalue weighted by atomic mass is 10.1. The zero-order chi connectivity index (χ0) is 15.2. The minimum atomic E-state index is -0.0893. The zero-order valence-corrected chi connectivity index (χ0v) is 12.3. The van der Waals surface area contributed by atoms with Crippen molar-refractivity contribution in [2.24, 2.45) is 0 Å². The Balaban J connectivity index is 2.21. The molecule has 0 spiro atoms. The fourth-order valence-corrected chi connectivity index (χ4v) is 2.13. The topological polar surface area (TPSA) is 71.2 Å². The fraction of sp³-hybridized carbons (Fsp3) is 0.250. The number of nitrogens with two attached hydrogens (primary N) is 1. The van der Waals surface area contributed by atoms with Crippen molar-refractivity contribution in [1.82, 2.24) is 10.3 Å². The summed E-state index contributed by atoms with van der Waals surface area (Å²) >= 11 is 0. The maximum absolute atomic E-state index is 11.9. The van der Waals surface area contributed by atoms with Crippen molar-refractivity contribution in [3.63, 3.8) is 0 Å². The molecule has 1 aromatic carbocycles. The number of nitrogens with one attached hydrogen (secondary N) is 1. The predicted molar refractivity (Wildman–Crippen MR) is 85.2 cm³/mol. The van der Waals surface area contributed by atoms with Gasteiger partial charge in [-0.2, -0.15) is 0 Å². The summed E-state index contributed by atoms with van der Waals surface area (Å²) < 4.78 is 0. The Morgan fingerprint density at radius 3 is 2.86 bits per heavy atom. The first-order chi connectivity index (χ1) is 10.1. The van der Waals surface area contributed by atoms with E-state index in [2.05, 4.69) is 10.3 Å². The molecule has 21 heavy (non-hydrogen) atoms. The van der Waals surface area contributed by atoms with Gasteiger partial charge in [0.2, 0.25) is 0 Å². The molecule has 0 aliphatic carbocycles. The molecule has 110 valence electrons. The Morgan fingerprint density at radius 1 is 1.38 bits per heavy atom. The van der Waals surface area contributed by atoms with Gasteiger partial charge in [0, 0.05) is 38.1 Å². The number of carbonyl (C=O) groups is 1. The van der Waals surface area contributed by atoms with E-state index in [0.29, 0.717) is 24.3 Å². The molecular formula is C16H20N4O. The van der Waals surface area contributed by atoms with Gasteiger partial charge in [0.25, 0.3) is 5.91 Å². The first-order valence-corrected chi connectivity index (χ1v) is 6.89. The van der Waals surface area contributed by atoms with Crippen LogP contribution in [-0.4, -0.2) is 24.5 Å². The van der Waals surface area contributed by atoms with Crippen LogP contribution < -0.4 is 16.0 Å². The summed E-state index contributed by atoms with van der Waals surface area (Å²) in [5.74, 6) is -0.0893. The first-order valence-electron chi connectivity index (χ1n) is 6.89. The molecule has 1 aromatic heterocycles. The number of pyridine rings is 1. The molecule has 1 amide bonds. The molecule has 0 atom stereocenters. The third kappa shape index (κ3) is 3.72. The van der Waals surface area contributed by atoms with Crippen LogP contribution in [0, 0.1) is 0 Å². The van der Waals surface area contributed by atoms with Crippen molar-refractivity contribution < 1.29 is 4.79 Å². The number of nitrogen functional groups attached to an aromatic ring is 1. The molecule has 2 rings (SSSR count). The van der Waals surface area contributed by atoms with Crippen LogP contribution in [0.25, 0.3) is 0 Å². The minimum absolute atomic E-state index is 0.0893. The van der Waals surface area contributed by atoms with Crippen LogP contribution in [0.1, 0.15) is 22.8 Å². The number of hydrogen-bond acceptors (Lipinski definition) is 4. The third-order valence-electron chi connectivity index (χ3n) is 3.18. The van der Waals surface area contributed by atoms with Gasteiger partial charge in [0.1, 0.15) is 0 Å². The van der Waals surface area contributed by atoms with Crippen molar-refractivity contribution >= 4 is 17.3 Å². The molecule has 0 fully saturated rings. The molecule has 2 aromatic rings. The summed E-state index contributed by atoms with van der Waals surface area (Å²) in [6.07, 6.45) is 3.56.